The second-order valence-corrected chi connectivity index (χ2v) is 10.5. The summed E-state index contributed by atoms with van der Waals surface area (Å²) in [7, 11) is 1.60. The number of ether oxygens (including phenoxy) is 1. The predicted molar refractivity (Wildman–Crippen MR) is 153 cm³/mol. The number of nitrogens with one attached hydrogen (secondary N) is 1. The summed E-state index contributed by atoms with van der Waals surface area (Å²) in [5.41, 5.74) is 3.92. The Morgan fingerprint density at radius 3 is 2.36 bits per heavy atom. The topological polar surface area (TPSA) is 97.3 Å². The molecule has 2 amide bonds. The number of aromatic nitrogens is 3. The quantitative estimate of drug-likeness (QED) is 0.303. The van der Waals surface area contributed by atoms with E-state index in [0.717, 1.165) is 51.0 Å². The van der Waals surface area contributed by atoms with Gasteiger partial charge in [0, 0.05) is 46.9 Å². The number of hydrogen-bond acceptors (Lipinski definition) is 7. The van der Waals surface area contributed by atoms with Crippen molar-refractivity contribution >= 4 is 50.6 Å². The second-order valence-electron chi connectivity index (χ2n) is 9.65. The molecular weight excluding hydrogens is 510 g/mol. The summed E-state index contributed by atoms with van der Waals surface area (Å²) >= 11 is 1.50. The van der Waals surface area contributed by atoms with Crippen LogP contribution in [0, 0.1) is 6.92 Å². The standard InChI is InChI=1S/C30H27N5O3S/c1-18-15-24(20-7-3-5-9-22(20)31-18)33-28(36)26-17-39-29(34-26)19-11-13-35(14-12-19)30(37)25-16-27(38-2)21-8-4-6-10-23(21)32-25/h3-10,15-17,19H,11-14H2,1-2H3,(H,31,33,36). The van der Waals surface area contributed by atoms with E-state index < -0.39 is 0 Å². The number of fused-ring (bicyclic) bond motifs is 2. The molecule has 0 aliphatic carbocycles. The van der Waals surface area contributed by atoms with E-state index >= 15 is 0 Å². The first-order valence-electron chi connectivity index (χ1n) is 12.9. The highest BCUT2D eigenvalue weighted by atomic mass is 32.1. The minimum absolute atomic E-state index is 0.100. The first kappa shape index (κ1) is 24.9. The highest BCUT2D eigenvalue weighted by Crippen LogP contribution is 2.32. The van der Waals surface area contributed by atoms with Gasteiger partial charge in [-0.1, -0.05) is 30.3 Å². The molecule has 39 heavy (non-hydrogen) atoms. The third kappa shape index (κ3) is 4.93. The van der Waals surface area contributed by atoms with E-state index in [0.29, 0.717) is 30.2 Å². The number of hydrogen-bond donors (Lipinski definition) is 1. The van der Waals surface area contributed by atoms with Crippen LogP contribution in [-0.2, 0) is 0 Å². The van der Waals surface area contributed by atoms with Crippen molar-refractivity contribution in [3.8, 4) is 5.75 Å². The molecule has 0 unspecified atom stereocenters. The van der Waals surface area contributed by atoms with Crippen molar-refractivity contribution in [2.24, 2.45) is 0 Å². The molecule has 1 N–H and O–H groups in total. The van der Waals surface area contributed by atoms with Crippen LogP contribution in [0.4, 0.5) is 5.69 Å². The number of aryl methyl sites for hydroxylation is 1. The van der Waals surface area contributed by atoms with Gasteiger partial charge in [-0.3, -0.25) is 14.6 Å². The second kappa shape index (κ2) is 10.4. The van der Waals surface area contributed by atoms with Crippen molar-refractivity contribution in [2.45, 2.75) is 25.7 Å². The Morgan fingerprint density at radius 2 is 1.62 bits per heavy atom. The van der Waals surface area contributed by atoms with Crippen LogP contribution in [-0.4, -0.2) is 51.9 Å². The fourth-order valence-electron chi connectivity index (χ4n) is 5.09. The van der Waals surface area contributed by atoms with Crippen LogP contribution in [0.15, 0.2) is 66.0 Å². The zero-order valence-corrected chi connectivity index (χ0v) is 22.5. The summed E-state index contributed by atoms with van der Waals surface area (Å²) < 4.78 is 5.51. The van der Waals surface area contributed by atoms with Gasteiger partial charge >= 0.3 is 0 Å². The monoisotopic (exact) mass is 537 g/mol. The number of pyridine rings is 2. The molecule has 196 valence electrons. The number of rotatable bonds is 5. The number of piperidine rings is 1. The molecule has 0 atom stereocenters. The molecule has 5 aromatic rings. The minimum Gasteiger partial charge on any atom is -0.496 e. The smallest absolute Gasteiger partial charge is 0.275 e. The largest absolute Gasteiger partial charge is 0.496 e. The van der Waals surface area contributed by atoms with Crippen LogP contribution >= 0.6 is 11.3 Å². The summed E-state index contributed by atoms with van der Waals surface area (Å²) in [5, 5.41) is 7.52. The van der Waals surface area contributed by atoms with E-state index in [9.17, 15) is 9.59 Å². The first-order valence-corrected chi connectivity index (χ1v) is 13.7. The molecule has 0 saturated carbocycles. The van der Waals surface area contributed by atoms with Crippen molar-refractivity contribution in [3.63, 3.8) is 0 Å². The predicted octanol–water partition coefficient (Wildman–Crippen LogP) is 5.83. The van der Waals surface area contributed by atoms with E-state index in [2.05, 4.69) is 20.3 Å². The lowest BCUT2D eigenvalue weighted by Gasteiger charge is -2.31. The fourth-order valence-corrected chi connectivity index (χ4v) is 6.06. The van der Waals surface area contributed by atoms with Crippen LogP contribution in [0.1, 0.15) is 50.4 Å². The van der Waals surface area contributed by atoms with Crippen LogP contribution in [0.2, 0.25) is 0 Å². The lowest BCUT2D eigenvalue weighted by molar-refractivity contribution is 0.0707. The van der Waals surface area contributed by atoms with Gasteiger partial charge in [-0.2, -0.15) is 0 Å². The third-order valence-corrected chi connectivity index (χ3v) is 8.10. The zero-order chi connectivity index (χ0) is 26.9. The molecule has 1 saturated heterocycles. The van der Waals surface area contributed by atoms with E-state index in [1.807, 2.05) is 71.8 Å². The number of methoxy groups -OCH3 is 1. The molecular formula is C30H27N5O3S. The maximum atomic E-state index is 13.3. The molecule has 0 spiro atoms. The van der Waals surface area contributed by atoms with Gasteiger partial charge in [-0.05, 0) is 44.0 Å². The van der Waals surface area contributed by atoms with Crippen LogP contribution < -0.4 is 10.1 Å². The molecule has 6 rings (SSSR count). The molecule has 1 aliphatic heterocycles. The molecule has 4 heterocycles. The SMILES string of the molecule is COc1cc(C(=O)N2CCC(c3nc(C(=O)Nc4cc(C)nc5ccccc45)cs3)CC2)nc2ccccc12. The number of para-hydroxylation sites is 2. The molecule has 1 aliphatic rings. The Bertz CT molecular complexity index is 1710. The van der Waals surface area contributed by atoms with Gasteiger partial charge in [-0.15, -0.1) is 11.3 Å². The molecule has 0 radical (unpaired) electrons. The Balaban J connectivity index is 1.12. The lowest BCUT2D eigenvalue weighted by atomic mass is 9.97. The number of anilines is 1. The summed E-state index contributed by atoms with van der Waals surface area (Å²) in [6, 6.07) is 19.0. The third-order valence-electron chi connectivity index (χ3n) is 7.10. The highest BCUT2D eigenvalue weighted by Gasteiger charge is 2.28. The highest BCUT2D eigenvalue weighted by molar-refractivity contribution is 7.10. The van der Waals surface area contributed by atoms with Crippen molar-refractivity contribution in [1.29, 1.82) is 0 Å². The average Bonchev–Trinajstić information content (AvgIpc) is 3.47. The molecule has 9 heteroatoms. The van der Waals surface area contributed by atoms with Crippen molar-refractivity contribution in [2.75, 3.05) is 25.5 Å². The summed E-state index contributed by atoms with van der Waals surface area (Å²) in [4.78, 5) is 42.0. The average molecular weight is 538 g/mol. The number of carbonyl (C=O) groups excluding carboxylic acids is 2. The van der Waals surface area contributed by atoms with Gasteiger partial charge in [0.2, 0.25) is 0 Å². The molecule has 8 nitrogen and oxygen atoms in total. The summed E-state index contributed by atoms with van der Waals surface area (Å²) in [5.74, 6) is 0.500. The van der Waals surface area contributed by atoms with E-state index in [4.69, 9.17) is 4.74 Å². The van der Waals surface area contributed by atoms with Crippen molar-refractivity contribution in [3.05, 3.63) is 88.1 Å². The molecule has 2 aromatic carbocycles. The van der Waals surface area contributed by atoms with Crippen molar-refractivity contribution in [1.82, 2.24) is 19.9 Å². The van der Waals surface area contributed by atoms with E-state index in [-0.39, 0.29) is 17.7 Å². The van der Waals surface area contributed by atoms with E-state index in [1.54, 1.807) is 13.2 Å². The Labute approximate surface area is 229 Å². The zero-order valence-electron chi connectivity index (χ0n) is 21.7. The number of amides is 2. The maximum absolute atomic E-state index is 13.3. The molecule has 3 aromatic heterocycles. The number of nitrogens with zero attached hydrogens (tertiary/aromatic N) is 4. The summed E-state index contributed by atoms with van der Waals surface area (Å²) in [6.45, 7) is 3.11. The van der Waals surface area contributed by atoms with Gasteiger partial charge < -0.3 is 15.0 Å². The van der Waals surface area contributed by atoms with Gasteiger partial charge in [0.25, 0.3) is 11.8 Å². The Hall–Kier alpha value is -4.37. The molecule has 0 bridgehead atoms. The Morgan fingerprint density at radius 1 is 0.923 bits per heavy atom. The van der Waals surface area contributed by atoms with Crippen LogP contribution in [0.5, 0.6) is 5.75 Å². The number of thiazole rings is 1. The van der Waals surface area contributed by atoms with Gasteiger partial charge in [0.15, 0.2) is 0 Å². The van der Waals surface area contributed by atoms with Crippen LogP contribution in [0.25, 0.3) is 21.8 Å². The van der Waals surface area contributed by atoms with Crippen molar-refractivity contribution < 1.29 is 14.3 Å². The number of likely N-dealkylation sites (tertiary alicyclic amines) is 1. The normalized spacial score (nSPS) is 14.1. The van der Waals surface area contributed by atoms with Gasteiger partial charge in [-0.25, -0.2) is 9.97 Å². The number of benzene rings is 2. The van der Waals surface area contributed by atoms with E-state index in [1.165, 1.54) is 11.3 Å². The van der Waals surface area contributed by atoms with Gasteiger partial charge in [0.1, 0.15) is 17.1 Å². The van der Waals surface area contributed by atoms with Crippen LogP contribution in [0.3, 0.4) is 0 Å². The van der Waals surface area contributed by atoms with Gasteiger partial charge in [0.05, 0.1) is 28.8 Å². The first-order chi connectivity index (χ1) is 19.0. The minimum atomic E-state index is -0.239. The lowest BCUT2D eigenvalue weighted by Crippen LogP contribution is -2.38. The number of carbonyl (C=O) groups is 2. The molecule has 1 fully saturated rings. The maximum Gasteiger partial charge on any atom is 0.275 e. The summed E-state index contributed by atoms with van der Waals surface area (Å²) in [6.07, 6.45) is 1.55. The fraction of sp³-hybridized carbons (Fsp3) is 0.233. The Kier molecular flexibility index (Phi) is 6.66.